The van der Waals surface area contributed by atoms with Gasteiger partial charge in [-0.15, -0.1) is 23.5 Å². The van der Waals surface area contributed by atoms with E-state index >= 15 is 0 Å². The summed E-state index contributed by atoms with van der Waals surface area (Å²) >= 11 is 7.63. The minimum absolute atomic E-state index is 0.0280. The van der Waals surface area contributed by atoms with E-state index < -0.39 is 0 Å². The van der Waals surface area contributed by atoms with E-state index in [-0.39, 0.29) is 10.0 Å². The van der Waals surface area contributed by atoms with Crippen LogP contribution in [0.25, 0.3) is 0 Å². The summed E-state index contributed by atoms with van der Waals surface area (Å²) in [5.74, 6) is 2.84. The van der Waals surface area contributed by atoms with E-state index in [4.69, 9.17) is 9.47 Å². The SMILES string of the molecule is COC(=O)c1ccc(CC2(c3ccc(OC)c(Br)c3)SCCCS2)cc1. The number of hydrogen-bond donors (Lipinski definition) is 0. The largest absolute Gasteiger partial charge is 0.496 e. The molecule has 6 heteroatoms. The number of hydrogen-bond acceptors (Lipinski definition) is 5. The van der Waals surface area contributed by atoms with E-state index in [1.807, 2.05) is 53.9 Å². The monoisotopic (exact) mass is 452 g/mol. The molecule has 0 saturated carbocycles. The Balaban J connectivity index is 1.90. The molecule has 0 atom stereocenters. The third-order valence-electron chi connectivity index (χ3n) is 4.36. The Morgan fingerprint density at radius 3 is 2.38 bits per heavy atom. The minimum atomic E-state index is -0.299. The van der Waals surface area contributed by atoms with Gasteiger partial charge in [-0.1, -0.05) is 18.2 Å². The standard InChI is InChI=1S/C20H21BrO3S2/c1-23-18-9-8-16(12-17(18)21)20(25-10-3-11-26-20)13-14-4-6-15(7-5-14)19(22)24-2/h4-9,12H,3,10-11,13H2,1-2H3. The van der Waals surface area contributed by atoms with Crippen LogP contribution in [0, 0.1) is 0 Å². The summed E-state index contributed by atoms with van der Waals surface area (Å²) in [5.41, 5.74) is 3.09. The van der Waals surface area contributed by atoms with E-state index in [9.17, 15) is 4.79 Å². The predicted molar refractivity (Wildman–Crippen MR) is 113 cm³/mol. The lowest BCUT2D eigenvalue weighted by molar-refractivity contribution is 0.0600. The maximum absolute atomic E-state index is 11.6. The first-order valence-corrected chi connectivity index (χ1v) is 11.1. The molecular formula is C20H21BrO3S2. The Labute approximate surface area is 171 Å². The molecule has 0 unspecified atom stereocenters. The Bertz CT molecular complexity index is 771. The number of halogens is 1. The van der Waals surface area contributed by atoms with Crippen LogP contribution in [0.3, 0.4) is 0 Å². The average molecular weight is 453 g/mol. The Morgan fingerprint density at radius 1 is 1.12 bits per heavy atom. The number of carbonyl (C=O) groups excluding carboxylic acids is 1. The van der Waals surface area contributed by atoms with Gasteiger partial charge in [-0.25, -0.2) is 4.79 Å². The molecule has 26 heavy (non-hydrogen) atoms. The van der Waals surface area contributed by atoms with Gasteiger partial charge in [0.1, 0.15) is 5.75 Å². The van der Waals surface area contributed by atoms with Gasteiger partial charge in [0.2, 0.25) is 0 Å². The minimum Gasteiger partial charge on any atom is -0.496 e. The summed E-state index contributed by atoms with van der Waals surface area (Å²) in [4.78, 5) is 11.6. The van der Waals surface area contributed by atoms with Crippen molar-refractivity contribution in [3.8, 4) is 5.75 Å². The summed E-state index contributed by atoms with van der Waals surface area (Å²) in [6.07, 6.45) is 2.14. The number of esters is 1. The molecule has 1 saturated heterocycles. The van der Waals surface area contributed by atoms with E-state index in [0.29, 0.717) is 5.56 Å². The molecule has 1 aliphatic rings. The number of benzene rings is 2. The van der Waals surface area contributed by atoms with Crippen LogP contribution in [-0.4, -0.2) is 31.7 Å². The lowest BCUT2D eigenvalue weighted by Crippen LogP contribution is -2.25. The van der Waals surface area contributed by atoms with Crippen LogP contribution in [0.15, 0.2) is 46.9 Å². The van der Waals surface area contributed by atoms with Crippen molar-refractivity contribution < 1.29 is 14.3 Å². The van der Waals surface area contributed by atoms with E-state index in [1.165, 1.54) is 24.7 Å². The number of methoxy groups -OCH3 is 2. The number of thioether (sulfide) groups is 2. The fourth-order valence-corrected chi connectivity index (χ4v) is 6.91. The molecule has 0 aliphatic carbocycles. The van der Waals surface area contributed by atoms with Gasteiger partial charge in [-0.2, -0.15) is 0 Å². The highest BCUT2D eigenvalue weighted by Gasteiger charge is 2.36. The van der Waals surface area contributed by atoms with Crippen LogP contribution < -0.4 is 4.74 Å². The van der Waals surface area contributed by atoms with Crippen molar-refractivity contribution in [1.82, 2.24) is 0 Å². The molecule has 2 aromatic rings. The molecule has 0 spiro atoms. The van der Waals surface area contributed by atoms with E-state index in [0.717, 1.165) is 28.1 Å². The predicted octanol–water partition coefficient (Wildman–Crippen LogP) is 5.51. The lowest BCUT2D eigenvalue weighted by Gasteiger charge is -2.37. The highest BCUT2D eigenvalue weighted by atomic mass is 79.9. The van der Waals surface area contributed by atoms with Crippen molar-refractivity contribution in [2.45, 2.75) is 16.9 Å². The summed E-state index contributed by atoms with van der Waals surface area (Å²) in [7, 11) is 3.09. The molecule has 138 valence electrons. The number of ether oxygens (including phenoxy) is 2. The summed E-state index contributed by atoms with van der Waals surface area (Å²) in [6.45, 7) is 0. The summed E-state index contributed by atoms with van der Waals surface area (Å²) < 4.78 is 11.1. The van der Waals surface area contributed by atoms with Crippen molar-refractivity contribution in [2.24, 2.45) is 0 Å². The Morgan fingerprint density at radius 2 is 1.81 bits per heavy atom. The zero-order chi connectivity index (χ0) is 18.6. The van der Waals surface area contributed by atoms with Gasteiger partial charge in [0, 0.05) is 6.42 Å². The zero-order valence-electron chi connectivity index (χ0n) is 14.8. The second kappa shape index (κ2) is 8.72. The van der Waals surface area contributed by atoms with Crippen molar-refractivity contribution >= 4 is 45.4 Å². The Kier molecular flexibility index (Phi) is 6.59. The van der Waals surface area contributed by atoms with Crippen LogP contribution in [-0.2, 0) is 15.2 Å². The smallest absolute Gasteiger partial charge is 0.337 e. The molecule has 3 nitrogen and oxygen atoms in total. The third kappa shape index (κ3) is 4.24. The van der Waals surface area contributed by atoms with Crippen LogP contribution in [0.2, 0.25) is 0 Å². The quantitative estimate of drug-likeness (QED) is 0.558. The maximum atomic E-state index is 11.6. The second-order valence-electron chi connectivity index (χ2n) is 6.02. The van der Waals surface area contributed by atoms with Crippen molar-refractivity contribution in [3.05, 3.63) is 63.6 Å². The van der Waals surface area contributed by atoms with Gasteiger partial charge in [0.05, 0.1) is 28.3 Å². The molecule has 1 heterocycles. The normalized spacial score (nSPS) is 16.1. The number of rotatable bonds is 5. The van der Waals surface area contributed by atoms with Crippen LogP contribution in [0.1, 0.15) is 27.9 Å². The van der Waals surface area contributed by atoms with Crippen molar-refractivity contribution in [3.63, 3.8) is 0 Å². The molecule has 0 aromatic heterocycles. The topological polar surface area (TPSA) is 35.5 Å². The van der Waals surface area contributed by atoms with E-state index in [2.05, 4.69) is 28.1 Å². The first kappa shape index (κ1) is 19.6. The molecule has 0 radical (unpaired) electrons. The third-order valence-corrected chi connectivity index (χ3v) is 8.37. The molecule has 0 bridgehead atoms. The Hall–Kier alpha value is -1.11. The maximum Gasteiger partial charge on any atom is 0.337 e. The molecule has 3 rings (SSSR count). The van der Waals surface area contributed by atoms with Crippen LogP contribution in [0.4, 0.5) is 0 Å². The summed E-state index contributed by atoms with van der Waals surface area (Å²) in [6, 6.07) is 14.1. The average Bonchev–Trinajstić information content (AvgIpc) is 2.68. The highest BCUT2D eigenvalue weighted by Crippen LogP contribution is 2.53. The van der Waals surface area contributed by atoms with Crippen LogP contribution in [0.5, 0.6) is 5.75 Å². The lowest BCUT2D eigenvalue weighted by atomic mass is 10.0. The van der Waals surface area contributed by atoms with Gasteiger partial charge in [-0.3, -0.25) is 0 Å². The molecule has 2 aromatic carbocycles. The van der Waals surface area contributed by atoms with E-state index in [1.54, 1.807) is 7.11 Å². The van der Waals surface area contributed by atoms with Crippen molar-refractivity contribution in [2.75, 3.05) is 25.7 Å². The second-order valence-corrected chi connectivity index (χ2v) is 9.92. The molecule has 0 N–H and O–H groups in total. The first-order chi connectivity index (χ1) is 12.6. The first-order valence-electron chi connectivity index (χ1n) is 8.37. The van der Waals surface area contributed by atoms with Crippen LogP contribution >= 0.6 is 39.5 Å². The van der Waals surface area contributed by atoms with Gasteiger partial charge < -0.3 is 9.47 Å². The number of carbonyl (C=O) groups is 1. The molecule has 0 amide bonds. The summed E-state index contributed by atoms with van der Waals surface area (Å²) in [5, 5.41) is 0. The van der Waals surface area contributed by atoms with Gasteiger partial charge in [-0.05, 0) is 69.2 Å². The fourth-order valence-electron chi connectivity index (χ4n) is 2.99. The molecule has 1 aliphatic heterocycles. The van der Waals surface area contributed by atoms with Gasteiger partial charge >= 0.3 is 5.97 Å². The fraction of sp³-hybridized carbons (Fsp3) is 0.350. The highest BCUT2D eigenvalue weighted by molar-refractivity contribution is 9.10. The zero-order valence-corrected chi connectivity index (χ0v) is 18.0. The van der Waals surface area contributed by atoms with Gasteiger partial charge in [0.25, 0.3) is 0 Å². The van der Waals surface area contributed by atoms with Gasteiger partial charge in [0.15, 0.2) is 0 Å². The molecule has 1 fully saturated rings. The molecular weight excluding hydrogens is 432 g/mol. The van der Waals surface area contributed by atoms with Crippen molar-refractivity contribution in [1.29, 1.82) is 0 Å².